The summed E-state index contributed by atoms with van der Waals surface area (Å²) in [6, 6.07) is 6.62. The molecule has 1 amide bonds. The molecule has 2 atom stereocenters. The molecule has 2 aromatic rings. The summed E-state index contributed by atoms with van der Waals surface area (Å²) >= 11 is 0. The summed E-state index contributed by atoms with van der Waals surface area (Å²) < 4.78 is 0.880. The Hall–Kier alpha value is -2.90. The fourth-order valence-corrected chi connectivity index (χ4v) is 3.87. The maximum atomic E-state index is 12.6. The number of aromatic amines is 1. The average molecular weight is 357 g/mol. The van der Waals surface area contributed by atoms with E-state index in [0.29, 0.717) is 23.4 Å². The van der Waals surface area contributed by atoms with Gasteiger partial charge in [0, 0.05) is 13.1 Å². The van der Waals surface area contributed by atoms with Crippen molar-refractivity contribution in [1.29, 1.82) is 0 Å². The highest BCUT2D eigenvalue weighted by Gasteiger charge is 2.46. The van der Waals surface area contributed by atoms with Gasteiger partial charge in [0.2, 0.25) is 5.91 Å². The SMILES string of the molecule is O=C(O)[C@H]1CN(C(=O)Cn2c(=O)[nH]c3ccccc3c2=O)C[C@@H]1C1CC1. The lowest BCUT2D eigenvalue weighted by Gasteiger charge is -2.16. The van der Waals surface area contributed by atoms with Gasteiger partial charge in [-0.05, 0) is 36.8 Å². The fourth-order valence-electron chi connectivity index (χ4n) is 3.87. The van der Waals surface area contributed by atoms with E-state index in [1.54, 1.807) is 24.3 Å². The van der Waals surface area contributed by atoms with Gasteiger partial charge < -0.3 is 15.0 Å². The topological polar surface area (TPSA) is 112 Å². The molecule has 0 spiro atoms. The minimum absolute atomic E-state index is 0.0388. The number of amides is 1. The average Bonchev–Trinajstić information content (AvgIpc) is 3.36. The number of benzene rings is 1. The van der Waals surface area contributed by atoms with Gasteiger partial charge in [0.1, 0.15) is 6.54 Å². The zero-order valence-corrected chi connectivity index (χ0v) is 14.1. The van der Waals surface area contributed by atoms with Crippen LogP contribution in [0.25, 0.3) is 10.9 Å². The number of rotatable bonds is 4. The smallest absolute Gasteiger partial charge is 0.329 e. The Bertz CT molecular complexity index is 1000. The van der Waals surface area contributed by atoms with Crippen LogP contribution in [0.2, 0.25) is 0 Å². The molecule has 136 valence electrons. The monoisotopic (exact) mass is 357 g/mol. The summed E-state index contributed by atoms with van der Waals surface area (Å²) in [4.78, 5) is 52.9. The molecule has 4 rings (SSSR count). The second kappa shape index (κ2) is 6.12. The lowest BCUT2D eigenvalue weighted by molar-refractivity contribution is -0.142. The van der Waals surface area contributed by atoms with Crippen LogP contribution in [-0.2, 0) is 16.1 Å². The van der Waals surface area contributed by atoms with Crippen molar-refractivity contribution in [3.63, 3.8) is 0 Å². The van der Waals surface area contributed by atoms with Crippen LogP contribution in [0.5, 0.6) is 0 Å². The van der Waals surface area contributed by atoms with Crippen LogP contribution in [0, 0.1) is 17.8 Å². The summed E-state index contributed by atoms with van der Waals surface area (Å²) in [6.07, 6.45) is 2.00. The maximum Gasteiger partial charge on any atom is 0.329 e. The van der Waals surface area contributed by atoms with Crippen LogP contribution in [0.1, 0.15) is 12.8 Å². The Morgan fingerprint density at radius 3 is 2.58 bits per heavy atom. The largest absolute Gasteiger partial charge is 0.481 e. The van der Waals surface area contributed by atoms with Crippen molar-refractivity contribution >= 4 is 22.8 Å². The number of carboxylic acids is 1. The minimum atomic E-state index is -0.891. The molecule has 1 aliphatic carbocycles. The van der Waals surface area contributed by atoms with E-state index < -0.39 is 29.0 Å². The van der Waals surface area contributed by atoms with Crippen LogP contribution in [0.4, 0.5) is 0 Å². The van der Waals surface area contributed by atoms with Gasteiger partial charge in [-0.15, -0.1) is 0 Å². The number of aromatic nitrogens is 2. The van der Waals surface area contributed by atoms with E-state index in [1.807, 2.05) is 0 Å². The van der Waals surface area contributed by atoms with Crippen LogP contribution in [0.15, 0.2) is 33.9 Å². The number of hydrogen-bond donors (Lipinski definition) is 2. The van der Waals surface area contributed by atoms with Gasteiger partial charge in [0.05, 0.1) is 16.8 Å². The van der Waals surface area contributed by atoms with Gasteiger partial charge in [-0.2, -0.15) is 0 Å². The van der Waals surface area contributed by atoms with Crippen molar-refractivity contribution in [2.75, 3.05) is 13.1 Å². The molecule has 2 aliphatic rings. The quantitative estimate of drug-likeness (QED) is 0.815. The highest BCUT2D eigenvalue weighted by molar-refractivity contribution is 5.80. The highest BCUT2D eigenvalue weighted by atomic mass is 16.4. The minimum Gasteiger partial charge on any atom is -0.481 e. The van der Waals surface area contributed by atoms with Gasteiger partial charge in [-0.25, -0.2) is 4.79 Å². The van der Waals surface area contributed by atoms with E-state index in [-0.39, 0.29) is 19.0 Å². The van der Waals surface area contributed by atoms with E-state index in [1.165, 1.54) is 4.90 Å². The summed E-state index contributed by atoms with van der Waals surface area (Å²) in [5, 5.41) is 9.74. The number of carbonyl (C=O) groups is 2. The van der Waals surface area contributed by atoms with E-state index in [0.717, 1.165) is 17.4 Å². The van der Waals surface area contributed by atoms with E-state index in [4.69, 9.17) is 0 Å². The Kier molecular flexibility index (Phi) is 3.90. The van der Waals surface area contributed by atoms with Gasteiger partial charge in [0.25, 0.3) is 5.56 Å². The number of para-hydroxylation sites is 1. The van der Waals surface area contributed by atoms with E-state index >= 15 is 0 Å². The van der Waals surface area contributed by atoms with Gasteiger partial charge >= 0.3 is 11.7 Å². The van der Waals surface area contributed by atoms with Gasteiger partial charge in [-0.1, -0.05) is 12.1 Å². The van der Waals surface area contributed by atoms with Crippen molar-refractivity contribution in [2.24, 2.45) is 17.8 Å². The number of fused-ring (bicyclic) bond motifs is 1. The molecular weight excluding hydrogens is 338 g/mol. The molecule has 0 unspecified atom stereocenters. The second-order valence-corrected chi connectivity index (χ2v) is 7.11. The second-order valence-electron chi connectivity index (χ2n) is 7.11. The third kappa shape index (κ3) is 2.81. The number of carboxylic acid groups (broad SMARTS) is 1. The summed E-state index contributed by atoms with van der Waals surface area (Å²) in [5.74, 6) is -1.54. The molecule has 1 saturated heterocycles. The van der Waals surface area contributed by atoms with Crippen LogP contribution >= 0.6 is 0 Å². The number of nitrogens with zero attached hydrogens (tertiary/aromatic N) is 2. The first-order valence-corrected chi connectivity index (χ1v) is 8.68. The van der Waals surface area contributed by atoms with Crippen LogP contribution in [-0.4, -0.2) is 44.5 Å². The van der Waals surface area contributed by atoms with Crippen LogP contribution in [0.3, 0.4) is 0 Å². The first-order valence-electron chi connectivity index (χ1n) is 8.68. The zero-order valence-electron chi connectivity index (χ0n) is 14.1. The maximum absolute atomic E-state index is 12.6. The molecular formula is C18H19N3O5. The number of likely N-dealkylation sites (tertiary alicyclic amines) is 1. The molecule has 2 N–H and O–H groups in total. The fraction of sp³-hybridized carbons (Fsp3) is 0.444. The van der Waals surface area contributed by atoms with Gasteiger partial charge in [-0.3, -0.25) is 19.0 Å². The standard InChI is InChI=1S/C18H19N3O5/c22-15(20-7-12(10-5-6-10)13(8-20)17(24)25)9-21-16(23)11-3-1-2-4-14(11)19-18(21)26/h1-4,10,12-13H,5-9H2,(H,19,26)(H,24,25)/t12-,13+/m1/s1. The molecule has 1 aromatic carbocycles. The Balaban J connectivity index is 1.59. The lowest BCUT2D eigenvalue weighted by atomic mass is 9.92. The number of nitrogens with one attached hydrogen (secondary N) is 1. The number of hydrogen-bond acceptors (Lipinski definition) is 4. The summed E-state index contributed by atoms with van der Waals surface area (Å²) in [6.45, 7) is 0.124. The summed E-state index contributed by atoms with van der Waals surface area (Å²) in [5.41, 5.74) is -0.743. The first-order chi connectivity index (χ1) is 12.5. The molecule has 2 fully saturated rings. The molecule has 1 aliphatic heterocycles. The Morgan fingerprint density at radius 1 is 1.15 bits per heavy atom. The van der Waals surface area contributed by atoms with Gasteiger partial charge in [0.15, 0.2) is 0 Å². The molecule has 1 saturated carbocycles. The molecule has 8 nitrogen and oxygen atoms in total. The third-order valence-electron chi connectivity index (χ3n) is 5.45. The number of H-pyrrole nitrogens is 1. The molecule has 8 heteroatoms. The van der Waals surface area contributed by atoms with Crippen molar-refractivity contribution in [1.82, 2.24) is 14.5 Å². The predicted octanol–water partition coefficient (Wildman–Crippen LogP) is 0.259. The molecule has 2 heterocycles. The van der Waals surface area contributed by atoms with Crippen molar-refractivity contribution < 1.29 is 14.7 Å². The highest BCUT2D eigenvalue weighted by Crippen LogP contribution is 2.44. The zero-order chi connectivity index (χ0) is 18.4. The van der Waals surface area contributed by atoms with E-state index in [9.17, 15) is 24.3 Å². The van der Waals surface area contributed by atoms with Crippen molar-refractivity contribution in [3.8, 4) is 0 Å². The Labute approximate surface area is 148 Å². The van der Waals surface area contributed by atoms with E-state index in [2.05, 4.69) is 4.98 Å². The van der Waals surface area contributed by atoms with Crippen molar-refractivity contribution in [3.05, 3.63) is 45.1 Å². The summed E-state index contributed by atoms with van der Waals surface area (Å²) in [7, 11) is 0. The molecule has 0 radical (unpaired) electrons. The molecule has 0 bridgehead atoms. The number of aliphatic carboxylic acids is 1. The third-order valence-corrected chi connectivity index (χ3v) is 5.45. The predicted molar refractivity (Wildman–Crippen MR) is 92.7 cm³/mol. The Morgan fingerprint density at radius 2 is 1.88 bits per heavy atom. The van der Waals surface area contributed by atoms with Crippen LogP contribution < -0.4 is 11.2 Å². The molecule has 26 heavy (non-hydrogen) atoms. The number of carbonyl (C=O) groups excluding carboxylic acids is 1. The lowest BCUT2D eigenvalue weighted by Crippen LogP contribution is -2.42. The first kappa shape index (κ1) is 16.6. The van der Waals surface area contributed by atoms with Crippen molar-refractivity contribution in [2.45, 2.75) is 19.4 Å². The normalized spacial score (nSPS) is 22.7. The molecule has 1 aromatic heterocycles.